The summed E-state index contributed by atoms with van der Waals surface area (Å²) in [6, 6.07) is 5.29. The summed E-state index contributed by atoms with van der Waals surface area (Å²) in [4.78, 5) is 59.2. The molecule has 3 saturated heterocycles. The standard InChI is InChI=1S/C46H54F6N8O5/c1-43(2,65)33-26-34(53)30(24-36(33)56-40(62)35-4-3-5-38(55-35)46(50,51)52)27-54-31-11-19-58(20-12-31)18-10-28-8-14-44(15-9-28)16-22-59(23-17-44)41(63)29-6-7-32(45(47,48)49)37(25-29)60-21-13-39(61)57-42(60)64/h3-7,24-28,31,53-54,65H,8-23H2,1-2H3,(H,56,62)(H,57,61,64)/b30-27-,53-34?. The van der Waals surface area contributed by atoms with Crippen LogP contribution in [-0.2, 0) is 17.1 Å². The molecule has 0 radical (unpaired) electrons. The minimum absolute atomic E-state index is 0.0614. The van der Waals surface area contributed by atoms with Gasteiger partial charge in [-0.25, -0.2) is 9.78 Å². The molecule has 4 fully saturated rings. The van der Waals surface area contributed by atoms with Crippen molar-refractivity contribution in [2.45, 2.75) is 102 Å². The van der Waals surface area contributed by atoms with Gasteiger partial charge in [0.25, 0.3) is 11.8 Å². The van der Waals surface area contributed by atoms with Gasteiger partial charge in [-0.05, 0) is 132 Å². The van der Waals surface area contributed by atoms with Gasteiger partial charge in [0.05, 0.1) is 22.6 Å². The molecule has 4 heterocycles. The first kappa shape index (κ1) is 47.4. The molecule has 0 unspecified atom stereocenters. The summed E-state index contributed by atoms with van der Waals surface area (Å²) >= 11 is 0. The second kappa shape index (κ2) is 18.7. The fourth-order valence-corrected chi connectivity index (χ4v) is 9.51. The molecule has 1 saturated carbocycles. The van der Waals surface area contributed by atoms with Crippen molar-refractivity contribution in [1.29, 1.82) is 5.41 Å². The largest absolute Gasteiger partial charge is 0.433 e. The summed E-state index contributed by atoms with van der Waals surface area (Å²) in [5.74, 6) is -1.27. The van der Waals surface area contributed by atoms with Crippen LogP contribution in [0.2, 0.25) is 0 Å². The van der Waals surface area contributed by atoms with Gasteiger partial charge in [0, 0.05) is 73.8 Å². The monoisotopic (exact) mass is 912 g/mol. The predicted octanol–water partition coefficient (Wildman–Crippen LogP) is 7.35. The highest BCUT2D eigenvalue weighted by Crippen LogP contribution is 2.47. The number of likely N-dealkylation sites (tertiary alicyclic amines) is 2. The van der Waals surface area contributed by atoms with Crippen LogP contribution in [0.25, 0.3) is 0 Å². The Labute approximate surface area is 372 Å². The van der Waals surface area contributed by atoms with Crippen molar-refractivity contribution in [3.8, 4) is 0 Å². The Hall–Kier alpha value is -5.56. The van der Waals surface area contributed by atoms with Gasteiger partial charge in [0.2, 0.25) is 5.91 Å². The summed E-state index contributed by atoms with van der Waals surface area (Å²) in [6.45, 7) is 6.47. The van der Waals surface area contributed by atoms with E-state index in [1.54, 1.807) is 11.1 Å². The lowest BCUT2D eigenvalue weighted by Crippen LogP contribution is -2.50. The van der Waals surface area contributed by atoms with E-state index in [2.05, 4.69) is 20.5 Å². The second-order valence-electron chi connectivity index (χ2n) is 18.3. The molecule has 5 N–H and O–H groups in total. The van der Waals surface area contributed by atoms with Gasteiger partial charge in [-0.2, -0.15) is 26.3 Å². The van der Waals surface area contributed by atoms with E-state index in [0.29, 0.717) is 24.6 Å². The predicted molar refractivity (Wildman–Crippen MR) is 229 cm³/mol. The summed E-state index contributed by atoms with van der Waals surface area (Å²) in [5.41, 5.74) is -3.55. The van der Waals surface area contributed by atoms with Crippen LogP contribution in [-0.4, -0.2) is 100 Å². The van der Waals surface area contributed by atoms with E-state index in [9.17, 15) is 50.6 Å². The lowest BCUT2D eigenvalue weighted by Gasteiger charge is -2.46. The Morgan fingerprint density at radius 2 is 1.62 bits per heavy atom. The third-order valence-electron chi connectivity index (χ3n) is 13.5. The van der Waals surface area contributed by atoms with Gasteiger partial charge < -0.3 is 30.9 Å². The number of carbonyl (C=O) groups excluding carboxylic acids is 4. The van der Waals surface area contributed by atoms with Crippen molar-refractivity contribution in [3.63, 3.8) is 0 Å². The number of imide groups is 1. The number of nitrogens with one attached hydrogen (secondary N) is 4. The molecule has 13 nitrogen and oxygen atoms in total. The molecule has 5 amide bonds. The molecule has 350 valence electrons. The number of benzene rings is 1. The average molecular weight is 913 g/mol. The first-order valence-corrected chi connectivity index (χ1v) is 22.0. The number of carbonyl (C=O) groups is 4. The van der Waals surface area contributed by atoms with Crippen molar-refractivity contribution < 1.29 is 50.6 Å². The molecule has 7 rings (SSSR count). The van der Waals surface area contributed by atoms with Crippen LogP contribution >= 0.6 is 0 Å². The Bertz CT molecular complexity index is 2270. The van der Waals surface area contributed by atoms with E-state index in [1.165, 1.54) is 32.1 Å². The average Bonchev–Trinajstić information content (AvgIpc) is 3.25. The normalized spacial score (nSPS) is 21.3. The number of allylic oxidation sites excluding steroid dienone is 3. The van der Waals surface area contributed by atoms with E-state index >= 15 is 0 Å². The molecule has 5 aliphatic rings. The van der Waals surface area contributed by atoms with Gasteiger partial charge in [0.1, 0.15) is 11.4 Å². The quantitative estimate of drug-likeness (QED) is 0.154. The maximum absolute atomic E-state index is 13.9. The molecule has 3 aliphatic heterocycles. The van der Waals surface area contributed by atoms with Crippen molar-refractivity contribution in [3.05, 3.63) is 94.1 Å². The van der Waals surface area contributed by atoms with Crippen LogP contribution in [0.15, 0.2) is 71.6 Å². The van der Waals surface area contributed by atoms with Gasteiger partial charge in [-0.3, -0.25) is 24.6 Å². The first-order valence-electron chi connectivity index (χ1n) is 22.0. The second-order valence-corrected chi connectivity index (χ2v) is 18.3. The number of nitrogens with zero attached hydrogens (tertiary/aromatic N) is 4. The zero-order valence-electron chi connectivity index (χ0n) is 36.3. The lowest BCUT2D eigenvalue weighted by molar-refractivity contribution is -0.141. The van der Waals surface area contributed by atoms with Crippen LogP contribution in [0.5, 0.6) is 0 Å². The van der Waals surface area contributed by atoms with E-state index in [4.69, 9.17) is 5.41 Å². The number of alkyl halides is 6. The van der Waals surface area contributed by atoms with Gasteiger partial charge in [-0.1, -0.05) is 6.07 Å². The van der Waals surface area contributed by atoms with E-state index in [0.717, 1.165) is 113 Å². The number of halogens is 6. The van der Waals surface area contributed by atoms with Gasteiger partial charge in [-0.15, -0.1) is 0 Å². The summed E-state index contributed by atoms with van der Waals surface area (Å²) in [5, 5.41) is 27.5. The minimum Gasteiger partial charge on any atom is -0.388 e. The number of rotatable bonds is 10. The number of aromatic nitrogens is 1. The summed E-state index contributed by atoms with van der Waals surface area (Å²) in [7, 11) is 0. The van der Waals surface area contributed by atoms with Crippen LogP contribution in [0, 0.1) is 16.7 Å². The molecular weight excluding hydrogens is 859 g/mol. The number of pyridine rings is 1. The zero-order chi connectivity index (χ0) is 46.9. The Balaban J connectivity index is 0.860. The van der Waals surface area contributed by atoms with Crippen molar-refractivity contribution in [2.75, 3.05) is 44.2 Å². The van der Waals surface area contributed by atoms with Crippen molar-refractivity contribution in [1.82, 2.24) is 30.7 Å². The number of hydrogen-bond acceptors (Lipinski definition) is 9. The molecule has 1 spiro atoms. The number of anilines is 1. The van der Waals surface area contributed by atoms with E-state index in [1.807, 2.05) is 5.32 Å². The Kier molecular flexibility index (Phi) is 13.7. The van der Waals surface area contributed by atoms with Gasteiger partial charge >= 0.3 is 18.4 Å². The summed E-state index contributed by atoms with van der Waals surface area (Å²) < 4.78 is 81.5. The third-order valence-corrected chi connectivity index (χ3v) is 13.5. The Morgan fingerprint density at radius 3 is 2.25 bits per heavy atom. The highest BCUT2D eigenvalue weighted by atomic mass is 19.4. The highest BCUT2D eigenvalue weighted by Gasteiger charge is 2.41. The third kappa shape index (κ3) is 11.3. The topological polar surface area (TPSA) is 171 Å². The molecule has 19 heteroatoms. The zero-order valence-corrected chi connectivity index (χ0v) is 36.3. The number of hydrogen-bond donors (Lipinski definition) is 5. The van der Waals surface area contributed by atoms with Gasteiger partial charge in [0.15, 0.2) is 0 Å². The van der Waals surface area contributed by atoms with Crippen LogP contribution < -0.4 is 20.9 Å². The number of piperidine rings is 2. The molecule has 2 aliphatic carbocycles. The van der Waals surface area contributed by atoms with Crippen LogP contribution in [0.4, 0.5) is 36.8 Å². The fraction of sp³-hybridized carbons (Fsp3) is 0.522. The molecule has 1 aromatic carbocycles. The SMILES string of the molecule is CC(C)(O)C1=CC(=N)/C(=C\NC2CCN(CCC3CCC4(CC3)CCN(C(=O)c3ccc(C(F)(F)F)c(N5CCC(=O)NC5=O)c3)CC4)CC2)C=C1NC(=O)c1cccc(C(F)(F)F)n1. The van der Waals surface area contributed by atoms with Crippen LogP contribution in [0.3, 0.4) is 0 Å². The minimum atomic E-state index is -4.77. The number of amides is 5. The van der Waals surface area contributed by atoms with E-state index < -0.39 is 58.4 Å². The maximum Gasteiger partial charge on any atom is 0.433 e. The van der Waals surface area contributed by atoms with Crippen molar-refractivity contribution in [2.24, 2.45) is 11.3 Å². The molecule has 1 aromatic heterocycles. The Morgan fingerprint density at radius 1 is 0.923 bits per heavy atom. The summed E-state index contributed by atoms with van der Waals surface area (Å²) in [6.07, 6.45) is 3.69. The highest BCUT2D eigenvalue weighted by molar-refractivity contribution is 6.11. The number of urea groups is 1. The molecule has 0 atom stereocenters. The smallest absolute Gasteiger partial charge is 0.388 e. The van der Waals surface area contributed by atoms with Crippen molar-refractivity contribution >= 4 is 35.2 Å². The maximum atomic E-state index is 13.9. The molecule has 65 heavy (non-hydrogen) atoms. The van der Waals surface area contributed by atoms with Crippen LogP contribution in [0.1, 0.15) is 110 Å². The molecule has 2 aromatic rings. The first-order chi connectivity index (χ1) is 30.6. The number of aliphatic hydroxyl groups is 1. The van der Waals surface area contributed by atoms with E-state index in [-0.39, 0.29) is 52.9 Å². The fourth-order valence-electron chi connectivity index (χ4n) is 9.51. The molecule has 0 bridgehead atoms. The lowest BCUT2D eigenvalue weighted by atomic mass is 9.65. The molecular formula is C46H54F6N8O5.